The van der Waals surface area contributed by atoms with E-state index in [0.717, 1.165) is 44.3 Å². The zero-order valence-corrected chi connectivity index (χ0v) is 18.5. The lowest BCUT2D eigenvalue weighted by Gasteiger charge is -2.61. The van der Waals surface area contributed by atoms with Crippen molar-refractivity contribution in [3.63, 3.8) is 0 Å². The van der Waals surface area contributed by atoms with Gasteiger partial charge in [-0.1, -0.05) is 25.3 Å². The third kappa shape index (κ3) is 2.65. The van der Waals surface area contributed by atoms with Crippen molar-refractivity contribution in [3.8, 4) is 12.3 Å². The van der Waals surface area contributed by atoms with Gasteiger partial charge in [-0.05, 0) is 74.2 Å². The minimum absolute atomic E-state index is 0.00104. The van der Waals surface area contributed by atoms with Crippen LogP contribution in [0.15, 0.2) is 11.6 Å². The van der Waals surface area contributed by atoms with E-state index in [-0.39, 0.29) is 22.4 Å². The maximum atomic E-state index is 12.2. The number of allylic oxidation sites excluding steroid dienone is 1. The summed E-state index contributed by atoms with van der Waals surface area (Å²) in [5.41, 5.74) is 1.38. The molecule has 0 amide bonds. The molecule has 3 saturated carbocycles. The summed E-state index contributed by atoms with van der Waals surface area (Å²) >= 11 is 1.92. The van der Waals surface area contributed by atoms with E-state index in [4.69, 9.17) is 11.2 Å². The molecule has 1 saturated heterocycles. The number of esters is 1. The molecule has 0 radical (unpaired) electrons. The van der Waals surface area contributed by atoms with Gasteiger partial charge in [0.25, 0.3) is 0 Å². The van der Waals surface area contributed by atoms with Gasteiger partial charge in [0.05, 0.1) is 5.75 Å². The minimum Gasteiger partial charge on any atom is -0.458 e. The number of hydrogen-bond acceptors (Lipinski definition) is 4. The Balaban J connectivity index is 1.54. The summed E-state index contributed by atoms with van der Waals surface area (Å²) in [6.07, 6.45) is 16.3. The molecule has 0 aromatic rings. The van der Waals surface area contributed by atoms with Gasteiger partial charge in [-0.2, -0.15) is 0 Å². The topological polar surface area (TPSA) is 43.4 Å². The largest absolute Gasteiger partial charge is 0.458 e. The molecule has 1 spiro atoms. The van der Waals surface area contributed by atoms with Crippen LogP contribution in [0.2, 0.25) is 0 Å². The third-order valence-corrected chi connectivity index (χ3v) is 10.9. The van der Waals surface area contributed by atoms with E-state index in [1.54, 1.807) is 0 Å². The molecule has 4 aliphatic carbocycles. The number of carbonyl (C=O) groups is 2. The first-order valence-electron chi connectivity index (χ1n) is 11.3. The van der Waals surface area contributed by atoms with Crippen LogP contribution in [0.3, 0.4) is 0 Å². The van der Waals surface area contributed by atoms with Gasteiger partial charge < -0.3 is 4.74 Å². The van der Waals surface area contributed by atoms with E-state index in [0.29, 0.717) is 41.6 Å². The summed E-state index contributed by atoms with van der Waals surface area (Å²) in [5.74, 6) is 5.65. The Morgan fingerprint density at radius 1 is 1.14 bits per heavy atom. The smallest absolute Gasteiger partial charge is 0.306 e. The van der Waals surface area contributed by atoms with Crippen LogP contribution in [-0.2, 0) is 14.3 Å². The van der Waals surface area contributed by atoms with Gasteiger partial charge in [-0.25, -0.2) is 0 Å². The highest BCUT2D eigenvalue weighted by Crippen LogP contribution is 2.70. The van der Waals surface area contributed by atoms with Gasteiger partial charge in [0.15, 0.2) is 5.78 Å². The number of ketones is 1. The van der Waals surface area contributed by atoms with E-state index in [1.165, 1.54) is 12.0 Å². The Kier molecular flexibility index (Phi) is 4.52. The Bertz CT molecular complexity index is 824. The molecule has 1 heterocycles. The quantitative estimate of drug-likeness (QED) is 0.476. The second-order valence-corrected chi connectivity index (χ2v) is 11.8. The SMILES string of the molecule is C#CCS[C@@H]1CC2=CC(=O)CC[C@]2(C)[C@H]2CC[C@@]3(C)[C@@H](CC[C@@]34CCC(=O)O4)[C@H]12. The van der Waals surface area contributed by atoms with E-state index >= 15 is 0 Å². The number of thioether (sulfide) groups is 1. The van der Waals surface area contributed by atoms with Crippen LogP contribution in [0.5, 0.6) is 0 Å². The van der Waals surface area contributed by atoms with Gasteiger partial charge in [0, 0.05) is 23.5 Å². The number of carbonyl (C=O) groups excluding carboxylic acids is 2. The molecule has 0 bridgehead atoms. The Morgan fingerprint density at radius 3 is 2.66 bits per heavy atom. The van der Waals surface area contributed by atoms with Crippen LogP contribution >= 0.6 is 11.8 Å². The van der Waals surface area contributed by atoms with Crippen molar-refractivity contribution in [2.45, 2.75) is 82.5 Å². The number of rotatable bonds is 2. The molecule has 7 atom stereocenters. The second kappa shape index (κ2) is 6.64. The lowest BCUT2D eigenvalue weighted by atomic mass is 9.46. The normalized spacial score (nSPS) is 48.4. The van der Waals surface area contributed by atoms with E-state index in [9.17, 15) is 9.59 Å². The number of hydrogen-bond donors (Lipinski definition) is 0. The molecule has 5 rings (SSSR count). The lowest BCUT2D eigenvalue weighted by molar-refractivity contribution is -0.167. The lowest BCUT2D eigenvalue weighted by Crippen LogP contribution is -2.57. The molecule has 5 aliphatic rings. The highest BCUT2D eigenvalue weighted by Gasteiger charge is 2.68. The molecule has 29 heavy (non-hydrogen) atoms. The highest BCUT2D eigenvalue weighted by atomic mass is 32.2. The van der Waals surface area contributed by atoms with Gasteiger partial charge in [-0.15, -0.1) is 18.2 Å². The van der Waals surface area contributed by atoms with E-state index in [1.807, 2.05) is 17.8 Å². The monoisotopic (exact) mass is 412 g/mol. The standard InChI is InChI=1S/C25H32O3S/c1-4-13-29-20-15-16-14-17(26)5-9-23(16,2)18-6-10-24(3)19(22(18)20)7-11-25(24)12-8-21(27)28-25/h1,14,18-20,22H,5-13,15H2,2-3H3/t18-,19-,20+,22+,23-,24-,25+/m0/s1. The first kappa shape index (κ1) is 19.7. The number of fused-ring (bicyclic) bond motifs is 6. The first-order valence-corrected chi connectivity index (χ1v) is 12.4. The molecule has 0 aromatic heterocycles. The fraction of sp³-hybridized carbons (Fsp3) is 0.760. The second-order valence-electron chi connectivity index (χ2n) is 10.6. The van der Waals surface area contributed by atoms with Crippen molar-refractivity contribution in [3.05, 3.63) is 11.6 Å². The van der Waals surface area contributed by atoms with Crippen molar-refractivity contribution in [2.75, 3.05) is 5.75 Å². The molecule has 3 nitrogen and oxygen atoms in total. The van der Waals surface area contributed by atoms with Crippen LogP contribution in [0.25, 0.3) is 0 Å². The van der Waals surface area contributed by atoms with E-state index in [2.05, 4.69) is 19.8 Å². The summed E-state index contributed by atoms with van der Waals surface area (Å²) in [4.78, 5) is 24.3. The van der Waals surface area contributed by atoms with Crippen molar-refractivity contribution in [2.24, 2.45) is 28.6 Å². The maximum absolute atomic E-state index is 12.2. The predicted molar refractivity (Wildman–Crippen MR) is 115 cm³/mol. The zero-order valence-electron chi connectivity index (χ0n) is 17.7. The minimum atomic E-state index is -0.236. The number of terminal acetylenes is 1. The molecule has 0 unspecified atom stereocenters. The summed E-state index contributed by atoms with van der Waals surface area (Å²) in [6, 6.07) is 0. The molecule has 4 heteroatoms. The van der Waals surface area contributed by atoms with Crippen LogP contribution in [0.4, 0.5) is 0 Å². The van der Waals surface area contributed by atoms with Crippen molar-refractivity contribution in [1.29, 1.82) is 0 Å². The Labute approximate surface area is 178 Å². The third-order valence-electron chi connectivity index (χ3n) is 9.67. The van der Waals surface area contributed by atoms with Crippen LogP contribution in [0, 0.1) is 40.9 Å². The summed E-state index contributed by atoms with van der Waals surface area (Å²) in [7, 11) is 0. The molecule has 156 valence electrons. The van der Waals surface area contributed by atoms with Crippen LogP contribution in [0.1, 0.15) is 71.6 Å². The predicted octanol–water partition coefficient (Wildman–Crippen LogP) is 4.94. The summed E-state index contributed by atoms with van der Waals surface area (Å²) in [5, 5.41) is 0.471. The molecular weight excluding hydrogens is 380 g/mol. The average molecular weight is 413 g/mol. The first-order chi connectivity index (χ1) is 13.8. The summed E-state index contributed by atoms with van der Waals surface area (Å²) < 4.78 is 6.09. The van der Waals surface area contributed by atoms with Crippen molar-refractivity contribution in [1.82, 2.24) is 0 Å². The average Bonchev–Trinajstić information content (AvgIpc) is 3.21. The molecular formula is C25H32O3S. The summed E-state index contributed by atoms with van der Waals surface area (Å²) in [6.45, 7) is 4.84. The van der Waals surface area contributed by atoms with E-state index < -0.39 is 0 Å². The number of ether oxygens (including phenoxy) is 1. The Morgan fingerprint density at radius 2 is 1.93 bits per heavy atom. The van der Waals surface area contributed by atoms with Gasteiger partial charge in [-0.3, -0.25) is 9.59 Å². The fourth-order valence-electron chi connectivity index (χ4n) is 8.12. The highest BCUT2D eigenvalue weighted by molar-refractivity contribution is 8.00. The van der Waals surface area contributed by atoms with Crippen molar-refractivity contribution < 1.29 is 14.3 Å². The molecule has 0 N–H and O–H groups in total. The van der Waals surface area contributed by atoms with Gasteiger partial charge in [0.2, 0.25) is 0 Å². The van der Waals surface area contributed by atoms with Crippen LogP contribution in [-0.4, -0.2) is 28.4 Å². The zero-order chi connectivity index (χ0) is 20.4. The maximum Gasteiger partial charge on any atom is 0.306 e. The fourth-order valence-corrected chi connectivity index (χ4v) is 9.33. The molecule has 0 aromatic carbocycles. The van der Waals surface area contributed by atoms with Gasteiger partial charge in [0.1, 0.15) is 5.60 Å². The van der Waals surface area contributed by atoms with Crippen molar-refractivity contribution >= 4 is 23.5 Å². The Hall–Kier alpha value is -1.21. The molecule has 4 fully saturated rings. The van der Waals surface area contributed by atoms with Gasteiger partial charge >= 0.3 is 5.97 Å². The molecule has 1 aliphatic heterocycles. The van der Waals surface area contributed by atoms with Crippen LogP contribution < -0.4 is 0 Å².